The summed E-state index contributed by atoms with van der Waals surface area (Å²) in [6.07, 6.45) is -3.23. The van der Waals surface area contributed by atoms with Crippen LogP contribution >= 0.6 is 12.4 Å². The van der Waals surface area contributed by atoms with E-state index in [0.717, 1.165) is 31.5 Å². The molecule has 0 bridgehead atoms. The number of halogens is 5. The van der Waals surface area contributed by atoms with Crippen molar-refractivity contribution in [1.29, 1.82) is 0 Å². The summed E-state index contributed by atoms with van der Waals surface area (Å²) in [5.74, 6) is -2.34. The van der Waals surface area contributed by atoms with Crippen molar-refractivity contribution in [2.24, 2.45) is 0 Å². The molecule has 118 valence electrons. The molecule has 2 N–H and O–H groups in total. The number of carbonyl (C=O) groups excluding carboxylic acids is 1. The lowest BCUT2D eigenvalue weighted by Crippen LogP contribution is -2.45. The molecule has 1 aromatic carbocycles. The second-order valence-corrected chi connectivity index (χ2v) is 4.68. The van der Waals surface area contributed by atoms with Gasteiger partial charge in [-0.05, 0) is 31.5 Å². The van der Waals surface area contributed by atoms with Gasteiger partial charge in [-0.1, -0.05) is 6.07 Å². The summed E-state index contributed by atoms with van der Waals surface area (Å²) in [4.78, 5) is 11.9. The fourth-order valence-electron chi connectivity index (χ4n) is 2.16. The molecule has 1 atom stereocenters. The molecule has 0 saturated carbocycles. The topological polar surface area (TPSA) is 41.1 Å². The van der Waals surface area contributed by atoms with Crippen LogP contribution in [0.25, 0.3) is 0 Å². The Bertz CT molecular complexity index is 501. The maximum Gasteiger partial charge on any atom is 0.419 e. The van der Waals surface area contributed by atoms with Gasteiger partial charge >= 0.3 is 6.18 Å². The van der Waals surface area contributed by atoms with Gasteiger partial charge in [0.25, 0.3) is 5.91 Å². The first kappa shape index (κ1) is 17.7. The molecular weight excluding hydrogens is 312 g/mol. The molecule has 1 heterocycles. The van der Waals surface area contributed by atoms with Crippen LogP contribution in [-0.2, 0) is 6.18 Å². The molecule has 0 aliphatic carbocycles. The minimum atomic E-state index is -4.81. The summed E-state index contributed by atoms with van der Waals surface area (Å²) in [7, 11) is 0. The Labute approximate surface area is 125 Å². The fraction of sp³-hybridized carbons (Fsp3) is 0.462. The van der Waals surface area contributed by atoms with Gasteiger partial charge in [0.2, 0.25) is 0 Å². The third-order valence-corrected chi connectivity index (χ3v) is 3.18. The van der Waals surface area contributed by atoms with E-state index in [4.69, 9.17) is 0 Å². The Balaban J connectivity index is 0.00000220. The first-order valence-electron chi connectivity index (χ1n) is 6.27. The van der Waals surface area contributed by atoms with Crippen LogP contribution in [0.15, 0.2) is 18.2 Å². The molecular formula is C13H15ClF4N2O. The van der Waals surface area contributed by atoms with E-state index in [1.54, 1.807) is 0 Å². The fourth-order valence-corrected chi connectivity index (χ4v) is 2.16. The zero-order chi connectivity index (χ0) is 14.8. The Morgan fingerprint density at radius 3 is 2.62 bits per heavy atom. The van der Waals surface area contributed by atoms with Crippen LogP contribution in [0.5, 0.6) is 0 Å². The first-order valence-corrected chi connectivity index (χ1v) is 6.27. The molecule has 1 saturated heterocycles. The van der Waals surface area contributed by atoms with Crippen LogP contribution < -0.4 is 10.6 Å². The first-order chi connectivity index (χ1) is 9.39. The van der Waals surface area contributed by atoms with Crippen molar-refractivity contribution in [3.05, 3.63) is 35.1 Å². The van der Waals surface area contributed by atoms with Crippen LogP contribution in [0.2, 0.25) is 0 Å². The van der Waals surface area contributed by atoms with Crippen LogP contribution in [0, 0.1) is 5.82 Å². The van der Waals surface area contributed by atoms with E-state index in [2.05, 4.69) is 10.6 Å². The lowest BCUT2D eigenvalue weighted by Gasteiger charge is -2.24. The molecule has 8 heteroatoms. The summed E-state index contributed by atoms with van der Waals surface area (Å²) < 4.78 is 51.5. The van der Waals surface area contributed by atoms with Crippen molar-refractivity contribution in [2.75, 3.05) is 13.1 Å². The quantitative estimate of drug-likeness (QED) is 0.821. The molecule has 0 radical (unpaired) electrons. The zero-order valence-corrected chi connectivity index (χ0v) is 11.8. The van der Waals surface area contributed by atoms with E-state index in [9.17, 15) is 22.4 Å². The minimum Gasteiger partial charge on any atom is -0.348 e. The molecule has 1 amide bonds. The maximum absolute atomic E-state index is 13.8. The molecule has 1 aliphatic rings. The Morgan fingerprint density at radius 1 is 1.33 bits per heavy atom. The molecule has 0 spiro atoms. The largest absolute Gasteiger partial charge is 0.419 e. The highest BCUT2D eigenvalue weighted by atomic mass is 35.5. The van der Waals surface area contributed by atoms with Crippen molar-refractivity contribution in [1.82, 2.24) is 10.6 Å². The number of alkyl halides is 3. The molecule has 1 aliphatic heterocycles. The Kier molecular flexibility index (Phi) is 5.98. The average Bonchev–Trinajstić information content (AvgIpc) is 2.38. The van der Waals surface area contributed by atoms with Crippen molar-refractivity contribution < 1.29 is 22.4 Å². The van der Waals surface area contributed by atoms with Crippen LogP contribution in [-0.4, -0.2) is 25.0 Å². The standard InChI is InChI=1S/C13H14F4N2O.ClH/c14-11-9(4-1-5-10(11)13(15,16)17)12(20)19-8-3-2-6-18-7-8;/h1,4-5,8,18H,2-3,6-7H2,(H,19,20);1H/t8-;/m1./s1. The second kappa shape index (κ2) is 7.09. The molecule has 0 aromatic heterocycles. The van der Waals surface area contributed by atoms with E-state index in [1.807, 2.05) is 0 Å². The van der Waals surface area contributed by atoms with E-state index in [-0.39, 0.29) is 18.4 Å². The molecule has 0 unspecified atom stereocenters. The summed E-state index contributed by atoms with van der Waals surface area (Å²) in [5.41, 5.74) is -2.00. The predicted molar refractivity (Wildman–Crippen MR) is 72.0 cm³/mol. The van der Waals surface area contributed by atoms with Gasteiger partial charge in [0.05, 0.1) is 11.1 Å². The monoisotopic (exact) mass is 326 g/mol. The highest BCUT2D eigenvalue weighted by Crippen LogP contribution is 2.32. The number of hydrogen-bond acceptors (Lipinski definition) is 2. The van der Waals surface area contributed by atoms with Crippen LogP contribution in [0.1, 0.15) is 28.8 Å². The number of hydrogen-bond donors (Lipinski definition) is 2. The SMILES string of the molecule is Cl.O=C(N[C@@H]1CCCNC1)c1cccc(C(F)(F)F)c1F. The third kappa shape index (κ3) is 4.31. The minimum absolute atomic E-state index is 0. The average molecular weight is 327 g/mol. The Morgan fingerprint density at radius 2 is 2.05 bits per heavy atom. The number of benzene rings is 1. The number of rotatable bonds is 2. The normalized spacial score (nSPS) is 18.8. The van der Waals surface area contributed by atoms with Gasteiger partial charge in [-0.3, -0.25) is 4.79 Å². The van der Waals surface area contributed by atoms with Gasteiger partial charge < -0.3 is 10.6 Å². The molecule has 1 aromatic rings. The molecule has 21 heavy (non-hydrogen) atoms. The van der Waals surface area contributed by atoms with E-state index in [0.29, 0.717) is 12.6 Å². The van der Waals surface area contributed by atoms with Gasteiger partial charge in [-0.25, -0.2) is 4.39 Å². The maximum atomic E-state index is 13.8. The number of piperidine rings is 1. The van der Waals surface area contributed by atoms with E-state index >= 15 is 0 Å². The summed E-state index contributed by atoms with van der Waals surface area (Å²) in [6.45, 7) is 1.37. The van der Waals surface area contributed by atoms with Crippen LogP contribution in [0.4, 0.5) is 17.6 Å². The lowest BCUT2D eigenvalue weighted by molar-refractivity contribution is -0.140. The number of carbonyl (C=O) groups is 1. The zero-order valence-electron chi connectivity index (χ0n) is 11.0. The summed E-state index contributed by atoms with van der Waals surface area (Å²) in [6, 6.07) is 2.51. The van der Waals surface area contributed by atoms with Crippen LogP contribution in [0.3, 0.4) is 0 Å². The molecule has 1 fully saturated rings. The second-order valence-electron chi connectivity index (χ2n) is 4.68. The summed E-state index contributed by atoms with van der Waals surface area (Å²) >= 11 is 0. The van der Waals surface area contributed by atoms with E-state index in [1.165, 1.54) is 0 Å². The van der Waals surface area contributed by atoms with Gasteiger partial charge in [0, 0.05) is 12.6 Å². The highest BCUT2D eigenvalue weighted by Gasteiger charge is 2.35. The number of amides is 1. The van der Waals surface area contributed by atoms with Gasteiger partial charge in [-0.15, -0.1) is 12.4 Å². The van der Waals surface area contributed by atoms with Crippen molar-refractivity contribution in [3.63, 3.8) is 0 Å². The smallest absolute Gasteiger partial charge is 0.348 e. The van der Waals surface area contributed by atoms with Gasteiger partial charge in [0.15, 0.2) is 0 Å². The third-order valence-electron chi connectivity index (χ3n) is 3.18. The predicted octanol–water partition coefficient (Wildman–Crippen LogP) is 2.75. The molecule has 3 nitrogen and oxygen atoms in total. The summed E-state index contributed by atoms with van der Waals surface area (Å²) in [5, 5.41) is 5.60. The van der Waals surface area contributed by atoms with Crippen molar-refractivity contribution in [2.45, 2.75) is 25.1 Å². The van der Waals surface area contributed by atoms with Crippen molar-refractivity contribution in [3.8, 4) is 0 Å². The highest BCUT2D eigenvalue weighted by molar-refractivity contribution is 5.94. The van der Waals surface area contributed by atoms with Gasteiger partial charge in [0.1, 0.15) is 5.82 Å². The van der Waals surface area contributed by atoms with E-state index < -0.39 is 29.0 Å². The molecule has 2 rings (SSSR count). The number of nitrogens with one attached hydrogen (secondary N) is 2. The van der Waals surface area contributed by atoms with Crippen molar-refractivity contribution >= 4 is 18.3 Å². The Hall–Kier alpha value is -1.34. The van der Waals surface area contributed by atoms with Gasteiger partial charge in [-0.2, -0.15) is 13.2 Å². The lowest BCUT2D eigenvalue weighted by atomic mass is 10.1.